The van der Waals surface area contributed by atoms with E-state index in [4.69, 9.17) is 5.73 Å². The van der Waals surface area contributed by atoms with Gasteiger partial charge < -0.3 is 16.4 Å². The van der Waals surface area contributed by atoms with Gasteiger partial charge in [-0.3, -0.25) is 0 Å². The Morgan fingerprint density at radius 1 is 1.15 bits per heavy atom. The fourth-order valence-corrected chi connectivity index (χ4v) is 2.86. The second kappa shape index (κ2) is 9.43. The van der Waals surface area contributed by atoms with Crippen molar-refractivity contribution in [2.24, 2.45) is 5.73 Å². The minimum atomic E-state index is -0.238. The Labute approximate surface area is 161 Å². The molecule has 0 heterocycles. The maximum Gasteiger partial charge on any atom is 0.319 e. The Morgan fingerprint density at radius 3 is 2.41 bits per heavy atom. The van der Waals surface area contributed by atoms with Crippen molar-refractivity contribution in [2.45, 2.75) is 26.8 Å². The van der Waals surface area contributed by atoms with Crippen molar-refractivity contribution in [3.05, 3.63) is 95.7 Å². The zero-order chi connectivity index (χ0) is 19.8. The number of anilines is 1. The van der Waals surface area contributed by atoms with E-state index in [2.05, 4.69) is 17.2 Å². The molecule has 0 radical (unpaired) electrons. The molecule has 0 fully saturated rings. The number of hydrogen-bond acceptors (Lipinski definition) is 2. The van der Waals surface area contributed by atoms with Crippen LogP contribution in [0.5, 0.6) is 0 Å². The van der Waals surface area contributed by atoms with Gasteiger partial charge in [0.1, 0.15) is 0 Å². The fraction of sp³-hybridized carbons (Fsp3) is 0.174. The Morgan fingerprint density at radius 2 is 1.81 bits per heavy atom. The number of aryl methyl sites for hydroxylation is 1. The second-order valence-electron chi connectivity index (χ2n) is 6.50. The Hall–Kier alpha value is -3.27. The van der Waals surface area contributed by atoms with Crippen LogP contribution in [0.4, 0.5) is 10.5 Å². The van der Waals surface area contributed by atoms with E-state index in [0.717, 1.165) is 33.6 Å². The van der Waals surface area contributed by atoms with Gasteiger partial charge in [-0.1, -0.05) is 55.1 Å². The number of carbonyl (C=O) groups excluding carboxylic acids is 1. The minimum absolute atomic E-state index is 0.0785. The average Bonchev–Trinajstić information content (AvgIpc) is 2.62. The number of carbonyl (C=O) groups is 1. The number of nitrogens with two attached hydrogens (primary N) is 1. The van der Waals surface area contributed by atoms with Crippen LogP contribution < -0.4 is 16.4 Å². The number of nitrogens with one attached hydrogen (secondary N) is 2. The van der Waals surface area contributed by atoms with E-state index in [0.29, 0.717) is 0 Å². The quantitative estimate of drug-likeness (QED) is 0.610. The lowest BCUT2D eigenvalue weighted by molar-refractivity contribution is 0.249. The largest absolute Gasteiger partial charge is 0.402 e. The lowest BCUT2D eigenvalue weighted by Gasteiger charge is -2.17. The predicted octanol–water partition coefficient (Wildman–Crippen LogP) is 5.31. The fourth-order valence-electron chi connectivity index (χ4n) is 2.86. The summed E-state index contributed by atoms with van der Waals surface area (Å²) in [4.78, 5) is 12.3. The molecule has 4 N–H and O–H groups in total. The van der Waals surface area contributed by atoms with Gasteiger partial charge in [-0.25, -0.2) is 4.79 Å². The maximum absolute atomic E-state index is 12.3. The van der Waals surface area contributed by atoms with E-state index in [-0.39, 0.29) is 12.1 Å². The summed E-state index contributed by atoms with van der Waals surface area (Å²) < 4.78 is 0. The molecule has 1 atom stereocenters. The number of allylic oxidation sites excluding steroid dienone is 5. The third kappa shape index (κ3) is 5.89. The molecule has 0 spiro atoms. The molecular formula is C23H27N3O. The molecule has 0 saturated heterocycles. The molecule has 0 aliphatic heterocycles. The van der Waals surface area contributed by atoms with Crippen LogP contribution in [0.3, 0.4) is 0 Å². The molecule has 0 aliphatic carbocycles. The lowest BCUT2D eigenvalue weighted by Crippen LogP contribution is -2.31. The normalized spacial score (nSPS) is 13.0. The van der Waals surface area contributed by atoms with Crippen LogP contribution in [-0.4, -0.2) is 6.03 Å². The average molecular weight is 361 g/mol. The highest BCUT2D eigenvalue weighted by molar-refractivity contribution is 5.90. The summed E-state index contributed by atoms with van der Waals surface area (Å²) in [5, 5.41) is 5.84. The first-order chi connectivity index (χ1) is 12.9. The zero-order valence-corrected chi connectivity index (χ0v) is 16.1. The van der Waals surface area contributed by atoms with Gasteiger partial charge in [0.25, 0.3) is 0 Å². The van der Waals surface area contributed by atoms with Crippen molar-refractivity contribution >= 4 is 17.3 Å². The number of urea groups is 1. The zero-order valence-electron chi connectivity index (χ0n) is 16.1. The van der Waals surface area contributed by atoms with Gasteiger partial charge >= 0.3 is 6.03 Å². The van der Waals surface area contributed by atoms with Crippen LogP contribution in [0, 0.1) is 6.92 Å². The topological polar surface area (TPSA) is 67.1 Å². The third-order valence-electron chi connectivity index (χ3n) is 4.16. The lowest BCUT2D eigenvalue weighted by atomic mass is 10.0. The van der Waals surface area contributed by atoms with Gasteiger partial charge in [-0.2, -0.15) is 0 Å². The van der Waals surface area contributed by atoms with Crippen LogP contribution >= 0.6 is 0 Å². The molecule has 2 rings (SSSR count). The Bertz CT molecular complexity index is 859. The number of rotatable bonds is 6. The molecule has 1 unspecified atom stereocenters. The monoisotopic (exact) mass is 361 g/mol. The molecule has 2 aromatic carbocycles. The van der Waals surface area contributed by atoms with Crippen LogP contribution in [0.25, 0.3) is 5.57 Å². The first-order valence-corrected chi connectivity index (χ1v) is 8.90. The van der Waals surface area contributed by atoms with Crippen molar-refractivity contribution in [1.29, 1.82) is 0 Å². The standard InChI is InChI=1S/C23H27N3O/c1-5-8-20(15-17(3)24)19-11-13-21(14-12-19)26-23(27)25-18(4)22-10-7-6-9-16(22)2/h5-15,18H,1,24H2,2-4H3,(H2,25,26,27)/b17-15-,20-8+. The van der Waals surface area contributed by atoms with Crippen LogP contribution in [0.2, 0.25) is 0 Å². The first kappa shape index (κ1) is 20.0. The molecule has 2 aromatic rings. The molecule has 4 heteroatoms. The van der Waals surface area contributed by atoms with Crippen molar-refractivity contribution in [3.8, 4) is 0 Å². The number of hydrogen-bond donors (Lipinski definition) is 3. The molecule has 2 amide bonds. The summed E-state index contributed by atoms with van der Waals surface area (Å²) in [6, 6.07) is 15.3. The molecule has 0 bridgehead atoms. The van der Waals surface area contributed by atoms with Crippen molar-refractivity contribution in [1.82, 2.24) is 5.32 Å². The molecule has 0 saturated carbocycles. The van der Waals surface area contributed by atoms with Gasteiger partial charge in [0.05, 0.1) is 6.04 Å². The van der Waals surface area contributed by atoms with E-state index < -0.39 is 0 Å². The van der Waals surface area contributed by atoms with Crippen molar-refractivity contribution < 1.29 is 4.79 Å². The summed E-state index contributed by atoms with van der Waals surface area (Å²) >= 11 is 0. The van der Waals surface area contributed by atoms with Crippen LogP contribution in [0.1, 0.15) is 36.6 Å². The van der Waals surface area contributed by atoms with Gasteiger partial charge in [0, 0.05) is 11.4 Å². The third-order valence-corrected chi connectivity index (χ3v) is 4.16. The second-order valence-corrected chi connectivity index (χ2v) is 6.50. The van der Waals surface area contributed by atoms with Crippen molar-refractivity contribution in [2.75, 3.05) is 5.32 Å². The van der Waals surface area contributed by atoms with E-state index in [1.165, 1.54) is 0 Å². The highest BCUT2D eigenvalue weighted by atomic mass is 16.2. The molecule has 27 heavy (non-hydrogen) atoms. The molecule has 4 nitrogen and oxygen atoms in total. The summed E-state index contributed by atoms with van der Waals surface area (Å²) in [6.45, 7) is 9.59. The first-order valence-electron chi connectivity index (χ1n) is 8.90. The molecule has 0 aliphatic rings. The predicted molar refractivity (Wildman–Crippen MR) is 114 cm³/mol. The van der Waals surface area contributed by atoms with E-state index in [1.54, 1.807) is 6.08 Å². The summed E-state index contributed by atoms with van der Waals surface area (Å²) in [5.74, 6) is 0. The minimum Gasteiger partial charge on any atom is -0.402 e. The van der Waals surface area contributed by atoms with Crippen LogP contribution in [0.15, 0.2) is 79.0 Å². The van der Waals surface area contributed by atoms with E-state index in [9.17, 15) is 4.79 Å². The van der Waals surface area contributed by atoms with Gasteiger partial charge in [0.2, 0.25) is 0 Å². The highest BCUT2D eigenvalue weighted by Crippen LogP contribution is 2.20. The van der Waals surface area contributed by atoms with Crippen molar-refractivity contribution in [3.63, 3.8) is 0 Å². The van der Waals surface area contributed by atoms with E-state index >= 15 is 0 Å². The molecule has 140 valence electrons. The maximum atomic E-state index is 12.3. The number of amides is 2. The van der Waals surface area contributed by atoms with Gasteiger partial charge in [-0.15, -0.1) is 0 Å². The summed E-state index contributed by atoms with van der Waals surface area (Å²) in [5.41, 5.74) is 11.4. The highest BCUT2D eigenvalue weighted by Gasteiger charge is 2.11. The Balaban J connectivity index is 2.04. The van der Waals surface area contributed by atoms with Crippen LogP contribution in [-0.2, 0) is 0 Å². The Kier molecular flexibility index (Phi) is 7.00. The number of benzene rings is 2. The summed E-state index contributed by atoms with van der Waals surface area (Å²) in [7, 11) is 0. The SMILES string of the molecule is C=C/C=C(\C=C(\C)N)c1ccc(NC(=O)NC(C)c2ccccc2C)cc1. The smallest absolute Gasteiger partial charge is 0.319 e. The molecule has 0 aromatic heterocycles. The molecular weight excluding hydrogens is 334 g/mol. The summed E-state index contributed by atoms with van der Waals surface area (Å²) in [6.07, 6.45) is 5.51. The van der Waals surface area contributed by atoms with Gasteiger partial charge in [0.15, 0.2) is 0 Å². The van der Waals surface area contributed by atoms with Gasteiger partial charge in [-0.05, 0) is 61.2 Å². The van der Waals surface area contributed by atoms with E-state index in [1.807, 2.05) is 81.5 Å².